The van der Waals surface area contributed by atoms with Crippen molar-refractivity contribution < 1.29 is 17.6 Å². The number of hydrogen-bond donors (Lipinski definition) is 2. The molecule has 1 aromatic carbocycles. The average molecular weight is 514 g/mol. The molecule has 0 unspecified atom stereocenters. The van der Waals surface area contributed by atoms with E-state index in [9.17, 15) is 17.6 Å². The lowest BCUT2D eigenvalue weighted by Gasteiger charge is -2.19. The molecule has 1 saturated carbocycles. The van der Waals surface area contributed by atoms with Gasteiger partial charge in [0.15, 0.2) is 11.7 Å². The molecular formula is C17H19F4IN4S. The Bertz CT molecular complexity index is 785. The first-order chi connectivity index (χ1) is 12.3. The van der Waals surface area contributed by atoms with Gasteiger partial charge in [-0.15, -0.1) is 35.3 Å². The predicted octanol–water partition coefficient (Wildman–Crippen LogP) is 4.32. The normalized spacial score (nSPS) is 15.8. The van der Waals surface area contributed by atoms with Crippen molar-refractivity contribution in [3.05, 3.63) is 51.7 Å². The van der Waals surface area contributed by atoms with Crippen molar-refractivity contribution in [2.45, 2.75) is 31.0 Å². The Labute approximate surface area is 175 Å². The van der Waals surface area contributed by atoms with Crippen LogP contribution < -0.4 is 10.6 Å². The van der Waals surface area contributed by atoms with Gasteiger partial charge in [-0.05, 0) is 30.5 Å². The molecule has 10 heteroatoms. The van der Waals surface area contributed by atoms with Crippen LogP contribution >= 0.6 is 35.3 Å². The molecule has 0 aliphatic heterocycles. The van der Waals surface area contributed by atoms with Crippen LogP contribution in [0, 0.1) is 5.82 Å². The molecule has 148 valence electrons. The largest absolute Gasteiger partial charge is 0.434 e. The maximum atomic E-state index is 13.1. The maximum absolute atomic E-state index is 13.1. The molecule has 1 fully saturated rings. The first-order valence-corrected chi connectivity index (χ1v) is 8.92. The highest BCUT2D eigenvalue weighted by molar-refractivity contribution is 14.0. The highest BCUT2D eigenvalue weighted by atomic mass is 127. The number of aliphatic imine (C=N–C) groups is 1. The van der Waals surface area contributed by atoms with Crippen LogP contribution in [0.4, 0.5) is 17.6 Å². The summed E-state index contributed by atoms with van der Waals surface area (Å²) in [6.45, 7) is 0.772. The molecule has 1 aromatic heterocycles. The molecule has 0 radical (unpaired) electrons. The number of thiazole rings is 1. The molecule has 1 aliphatic carbocycles. The van der Waals surface area contributed by atoms with Crippen LogP contribution in [0.5, 0.6) is 0 Å². The van der Waals surface area contributed by atoms with Crippen molar-refractivity contribution in [2.75, 3.05) is 13.6 Å². The molecule has 0 saturated heterocycles. The van der Waals surface area contributed by atoms with Crippen molar-refractivity contribution in [1.82, 2.24) is 15.6 Å². The number of hydrogen-bond acceptors (Lipinski definition) is 3. The number of alkyl halides is 3. The van der Waals surface area contributed by atoms with Crippen LogP contribution in [0.25, 0.3) is 0 Å². The van der Waals surface area contributed by atoms with Crippen LogP contribution in [0.2, 0.25) is 0 Å². The van der Waals surface area contributed by atoms with Crippen LogP contribution in [0.15, 0.2) is 34.6 Å². The Morgan fingerprint density at radius 2 is 1.89 bits per heavy atom. The van der Waals surface area contributed by atoms with Crippen molar-refractivity contribution in [1.29, 1.82) is 0 Å². The van der Waals surface area contributed by atoms with E-state index in [1.54, 1.807) is 19.2 Å². The number of guanidine groups is 1. The van der Waals surface area contributed by atoms with Gasteiger partial charge in [-0.1, -0.05) is 12.1 Å². The summed E-state index contributed by atoms with van der Waals surface area (Å²) in [5.74, 6) is 0.221. The summed E-state index contributed by atoms with van der Waals surface area (Å²) in [7, 11) is 1.59. The number of benzene rings is 1. The second-order valence-corrected chi connectivity index (χ2v) is 7.13. The van der Waals surface area contributed by atoms with E-state index in [4.69, 9.17) is 0 Å². The van der Waals surface area contributed by atoms with Crippen LogP contribution in [0.3, 0.4) is 0 Å². The third kappa shape index (κ3) is 5.53. The highest BCUT2D eigenvalue weighted by Gasteiger charge is 2.44. The van der Waals surface area contributed by atoms with Gasteiger partial charge < -0.3 is 10.6 Å². The number of rotatable bonds is 5. The Balaban J connectivity index is 0.00000261. The van der Waals surface area contributed by atoms with E-state index in [2.05, 4.69) is 20.6 Å². The molecule has 2 aromatic rings. The molecular weight excluding hydrogens is 495 g/mol. The highest BCUT2D eigenvalue weighted by Crippen LogP contribution is 2.47. The zero-order valence-corrected chi connectivity index (χ0v) is 17.6. The van der Waals surface area contributed by atoms with Crippen LogP contribution in [-0.4, -0.2) is 24.5 Å². The number of halogens is 5. The SMILES string of the molecule is CN=C(NCc1nc(C(F)(F)F)cs1)NCC1(c2ccc(F)cc2)CC1.I. The van der Waals surface area contributed by atoms with E-state index in [0.717, 1.165) is 35.1 Å². The summed E-state index contributed by atoms with van der Waals surface area (Å²) in [6.07, 6.45) is -2.45. The molecule has 0 spiro atoms. The Morgan fingerprint density at radius 1 is 1.22 bits per heavy atom. The Kier molecular flexibility index (Phi) is 7.06. The lowest BCUT2D eigenvalue weighted by molar-refractivity contribution is -0.140. The second kappa shape index (κ2) is 8.72. The van der Waals surface area contributed by atoms with Gasteiger partial charge >= 0.3 is 6.18 Å². The van der Waals surface area contributed by atoms with E-state index < -0.39 is 11.9 Å². The van der Waals surface area contributed by atoms with Crippen molar-refractivity contribution >= 4 is 41.3 Å². The van der Waals surface area contributed by atoms with E-state index in [1.165, 1.54) is 12.1 Å². The van der Waals surface area contributed by atoms with Gasteiger partial charge in [0.25, 0.3) is 0 Å². The zero-order valence-electron chi connectivity index (χ0n) is 14.4. The minimum absolute atomic E-state index is 0. The van der Waals surface area contributed by atoms with Crippen molar-refractivity contribution in [3.8, 4) is 0 Å². The van der Waals surface area contributed by atoms with Gasteiger partial charge in [-0.2, -0.15) is 13.2 Å². The monoisotopic (exact) mass is 514 g/mol. The molecule has 0 atom stereocenters. The van der Waals surface area contributed by atoms with Gasteiger partial charge in [0, 0.05) is 24.4 Å². The van der Waals surface area contributed by atoms with Gasteiger partial charge in [-0.25, -0.2) is 9.37 Å². The van der Waals surface area contributed by atoms with Gasteiger partial charge in [-0.3, -0.25) is 4.99 Å². The lowest BCUT2D eigenvalue weighted by Crippen LogP contribution is -2.40. The molecule has 3 rings (SSSR count). The van der Waals surface area contributed by atoms with E-state index in [1.807, 2.05) is 0 Å². The third-order valence-electron chi connectivity index (χ3n) is 4.38. The summed E-state index contributed by atoms with van der Waals surface area (Å²) < 4.78 is 50.8. The van der Waals surface area contributed by atoms with Crippen molar-refractivity contribution in [3.63, 3.8) is 0 Å². The first kappa shape index (κ1) is 21.9. The summed E-state index contributed by atoms with van der Waals surface area (Å²) in [5.41, 5.74) is 0.141. The molecule has 4 nitrogen and oxygen atoms in total. The minimum Gasteiger partial charge on any atom is -0.356 e. The maximum Gasteiger partial charge on any atom is 0.434 e. The Hall–Kier alpha value is -1.43. The molecule has 27 heavy (non-hydrogen) atoms. The lowest BCUT2D eigenvalue weighted by atomic mass is 9.96. The smallest absolute Gasteiger partial charge is 0.356 e. The fourth-order valence-corrected chi connectivity index (χ4v) is 3.42. The zero-order chi connectivity index (χ0) is 18.8. The molecule has 1 aliphatic rings. The van der Waals surface area contributed by atoms with Gasteiger partial charge in [0.05, 0.1) is 6.54 Å². The van der Waals surface area contributed by atoms with E-state index in [0.29, 0.717) is 17.5 Å². The van der Waals surface area contributed by atoms with E-state index in [-0.39, 0.29) is 41.8 Å². The van der Waals surface area contributed by atoms with Gasteiger partial charge in [0.2, 0.25) is 0 Å². The standard InChI is InChI=1S/C17H18F4N4S.HI/c1-22-15(23-8-14-25-13(9-26-14)17(19,20)21)24-10-16(6-7-16)11-2-4-12(18)5-3-11;/h2-5,9H,6-8,10H2,1H3,(H2,22,23,24);1H. The van der Waals surface area contributed by atoms with Gasteiger partial charge in [0.1, 0.15) is 10.8 Å². The molecule has 2 N–H and O–H groups in total. The minimum atomic E-state index is -4.43. The predicted molar refractivity (Wildman–Crippen MR) is 108 cm³/mol. The number of nitrogens with zero attached hydrogens (tertiary/aromatic N) is 2. The van der Waals surface area contributed by atoms with E-state index >= 15 is 0 Å². The van der Waals surface area contributed by atoms with Crippen LogP contribution in [-0.2, 0) is 18.1 Å². The summed E-state index contributed by atoms with van der Waals surface area (Å²) in [4.78, 5) is 7.66. The second-order valence-electron chi connectivity index (χ2n) is 6.19. The van der Waals surface area contributed by atoms with Crippen molar-refractivity contribution in [2.24, 2.45) is 4.99 Å². The first-order valence-electron chi connectivity index (χ1n) is 8.05. The Morgan fingerprint density at radius 3 is 2.41 bits per heavy atom. The molecule has 0 bridgehead atoms. The fraction of sp³-hybridized carbons (Fsp3) is 0.412. The summed E-state index contributed by atoms with van der Waals surface area (Å²) >= 11 is 0.951. The quantitative estimate of drug-likeness (QED) is 0.271. The molecule has 1 heterocycles. The van der Waals surface area contributed by atoms with Crippen LogP contribution in [0.1, 0.15) is 29.1 Å². The topological polar surface area (TPSA) is 49.3 Å². The summed E-state index contributed by atoms with van der Waals surface area (Å²) in [5, 5.41) is 7.50. The summed E-state index contributed by atoms with van der Waals surface area (Å²) in [6, 6.07) is 6.47. The third-order valence-corrected chi connectivity index (χ3v) is 5.23. The number of aromatic nitrogens is 1. The fourth-order valence-electron chi connectivity index (χ4n) is 2.68. The number of nitrogens with one attached hydrogen (secondary N) is 2. The average Bonchev–Trinajstić information content (AvgIpc) is 3.22. The molecule has 0 amide bonds.